The molecule has 0 aromatic heterocycles. The van der Waals surface area contributed by atoms with Crippen LogP contribution in [0.5, 0.6) is 17.2 Å². The number of Topliss-reactive ketones (excluding diaryl/α,β-unsaturated/α-hetero) is 1. The molecule has 2 unspecified atom stereocenters. The number of carbonyl (C=O) groups excluding carboxylic acids is 1. The van der Waals surface area contributed by atoms with Gasteiger partial charge in [-0.05, 0) is 96.0 Å². The summed E-state index contributed by atoms with van der Waals surface area (Å²) in [4.78, 5) is 16.1. The van der Waals surface area contributed by atoms with Crippen LogP contribution in [-0.4, -0.2) is 51.1 Å². The summed E-state index contributed by atoms with van der Waals surface area (Å²) >= 11 is 0. The first-order chi connectivity index (χ1) is 19.5. The third kappa shape index (κ3) is 3.75. The van der Waals surface area contributed by atoms with Crippen LogP contribution in [0.3, 0.4) is 0 Å². The zero-order chi connectivity index (χ0) is 27.4. The molecule has 0 fully saturated rings. The van der Waals surface area contributed by atoms with Gasteiger partial charge in [-0.2, -0.15) is 0 Å². The molecule has 0 amide bonds. The van der Waals surface area contributed by atoms with E-state index in [1.165, 1.54) is 22.3 Å². The maximum absolute atomic E-state index is 13.5. The van der Waals surface area contributed by atoms with E-state index in [1.807, 2.05) is 12.1 Å². The van der Waals surface area contributed by atoms with Crippen LogP contribution in [-0.2, 0) is 16.6 Å². The summed E-state index contributed by atoms with van der Waals surface area (Å²) in [7, 11) is 5.20. The van der Waals surface area contributed by atoms with Gasteiger partial charge in [0, 0.05) is 30.1 Å². The second-order valence-corrected chi connectivity index (χ2v) is 11.5. The number of carbonyl (C=O) groups is 1. The number of hydrogen-bond donors (Lipinski definition) is 0. The predicted octanol–water partition coefficient (Wildman–Crippen LogP) is 6.09. The summed E-state index contributed by atoms with van der Waals surface area (Å²) in [6.07, 6.45) is 8.16. The molecule has 5 nitrogen and oxygen atoms in total. The Morgan fingerprint density at radius 2 is 1.70 bits per heavy atom. The van der Waals surface area contributed by atoms with Crippen molar-refractivity contribution in [1.82, 2.24) is 4.90 Å². The van der Waals surface area contributed by atoms with Gasteiger partial charge in [-0.15, -0.1) is 0 Å². The summed E-state index contributed by atoms with van der Waals surface area (Å²) in [6, 6.07) is 21.4. The van der Waals surface area contributed by atoms with E-state index in [0.717, 1.165) is 66.3 Å². The lowest BCUT2D eigenvalue weighted by molar-refractivity contribution is -0.115. The second kappa shape index (κ2) is 9.67. The van der Waals surface area contributed by atoms with Gasteiger partial charge >= 0.3 is 0 Å². The molecule has 204 valence electrons. The van der Waals surface area contributed by atoms with E-state index in [1.54, 1.807) is 21.3 Å². The van der Waals surface area contributed by atoms with Crippen LogP contribution in [0, 0.1) is 5.92 Å². The SMILES string of the molecule is COc1cccc(C23C=C4CN(CC[C@@H]5CC=C(C(=O)C5)c5ccc(OC)cc54)[C@H]2Cc2cccc(OC)c23)c1. The van der Waals surface area contributed by atoms with Crippen LogP contribution in [0.25, 0.3) is 11.1 Å². The van der Waals surface area contributed by atoms with Crippen molar-refractivity contribution in [3.63, 3.8) is 0 Å². The van der Waals surface area contributed by atoms with Gasteiger partial charge in [0.1, 0.15) is 17.2 Å². The Hall–Kier alpha value is -3.83. The van der Waals surface area contributed by atoms with E-state index < -0.39 is 5.41 Å². The average molecular weight is 534 g/mol. The van der Waals surface area contributed by atoms with Crippen molar-refractivity contribution in [3.8, 4) is 17.2 Å². The van der Waals surface area contributed by atoms with Crippen LogP contribution in [0.4, 0.5) is 0 Å². The monoisotopic (exact) mass is 533 g/mol. The first-order valence-corrected chi connectivity index (χ1v) is 14.2. The summed E-state index contributed by atoms with van der Waals surface area (Å²) < 4.78 is 17.5. The molecule has 2 aliphatic carbocycles. The highest BCUT2D eigenvalue weighted by Crippen LogP contribution is 2.55. The van der Waals surface area contributed by atoms with Crippen molar-refractivity contribution in [2.75, 3.05) is 34.4 Å². The standard InChI is InChI=1S/C35H35NO4/c1-38-26-8-5-7-25(18-26)35-20-24-21-36(33(35)17-23-6-4-9-32(40-3)34(23)35)15-14-22-10-12-29(31(37)16-22)28-13-11-27(39-2)19-30(24)28/h4-9,11-13,18-20,22,33H,10,14-17,21H2,1-3H3/t22-,33-,35?/m0/s1. The molecule has 3 aromatic rings. The van der Waals surface area contributed by atoms with E-state index in [9.17, 15) is 4.79 Å². The van der Waals surface area contributed by atoms with Crippen LogP contribution in [0.15, 0.2) is 72.8 Å². The fourth-order valence-corrected chi connectivity index (χ4v) is 7.69. The maximum atomic E-state index is 13.5. The molecule has 0 saturated heterocycles. The van der Waals surface area contributed by atoms with Crippen molar-refractivity contribution < 1.29 is 19.0 Å². The largest absolute Gasteiger partial charge is 0.497 e. The van der Waals surface area contributed by atoms with Crippen molar-refractivity contribution in [1.29, 1.82) is 0 Å². The molecular weight excluding hydrogens is 498 g/mol. The Kier molecular flexibility index (Phi) is 6.08. The van der Waals surface area contributed by atoms with Gasteiger partial charge in [-0.25, -0.2) is 0 Å². The van der Waals surface area contributed by atoms with Gasteiger partial charge < -0.3 is 14.2 Å². The summed E-state index contributed by atoms with van der Waals surface area (Å²) in [5.41, 5.74) is 7.46. The minimum Gasteiger partial charge on any atom is -0.497 e. The van der Waals surface area contributed by atoms with Gasteiger partial charge in [-0.1, -0.05) is 36.4 Å². The third-order valence-corrected chi connectivity index (χ3v) is 9.57. The van der Waals surface area contributed by atoms with E-state index in [4.69, 9.17) is 14.2 Å². The van der Waals surface area contributed by atoms with Gasteiger partial charge in [0.05, 0.1) is 26.7 Å². The molecule has 4 atom stereocenters. The lowest BCUT2D eigenvalue weighted by Crippen LogP contribution is -2.52. The van der Waals surface area contributed by atoms with Gasteiger partial charge in [0.2, 0.25) is 0 Å². The van der Waals surface area contributed by atoms with E-state index in [-0.39, 0.29) is 11.8 Å². The smallest absolute Gasteiger partial charge is 0.163 e. The molecule has 8 rings (SSSR count). The van der Waals surface area contributed by atoms with Crippen LogP contribution >= 0.6 is 0 Å². The number of fused-ring (bicyclic) bond motifs is 6. The van der Waals surface area contributed by atoms with Gasteiger partial charge in [0.15, 0.2) is 5.78 Å². The highest BCUT2D eigenvalue weighted by molar-refractivity contribution is 6.22. The normalized spacial score (nSPS) is 26.5. The zero-order valence-electron chi connectivity index (χ0n) is 23.4. The molecule has 3 aliphatic heterocycles. The minimum atomic E-state index is -0.449. The number of nitrogens with zero attached hydrogens (tertiary/aromatic N) is 1. The predicted molar refractivity (Wildman–Crippen MR) is 157 cm³/mol. The summed E-state index contributed by atoms with van der Waals surface area (Å²) in [5.74, 6) is 3.17. The number of ketones is 1. The fraction of sp³-hybridized carbons (Fsp3) is 0.343. The molecule has 0 N–H and O–H groups in total. The molecule has 5 aliphatic rings. The Morgan fingerprint density at radius 1 is 0.875 bits per heavy atom. The first kappa shape index (κ1) is 25.2. The molecule has 3 heterocycles. The van der Waals surface area contributed by atoms with Crippen molar-refractivity contribution in [2.24, 2.45) is 5.92 Å². The van der Waals surface area contributed by atoms with E-state index >= 15 is 0 Å². The number of benzene rings is 3. The molecule has 3 aromatic carbocycles. The molecule has 4 bridgehead atoms. The molecular formula is C35H35NO4. The van der Waals surface area contributed by atoms with Crippen LogP contribution in [0.2, 0.25) is 0 Å². The van der Waals surface area contributed by atoms with Gasteiger partial charge in [-0.3, -0.25) is 9.69 Å². The van der Waals surface area contributed by atoms with Crippen LogP contribution in [0.1, 0.15) is 47.1 Å². The first-order valence-electron chi connectivity index (χ1n) is 14.2. The third-order valence-electron chi connectivity index (χ3n) is 9.57. The van der Waals surface area contributed by atoms with E-state index in [2.05, 4.69) is 65.6 Å². The zero-order valence-corrected chi connectivity index (χ0v) is 23.4. The topological polar surface area (TPSA) is 48.0 Å². The lowest BCUT2D eigenvalue weighted by atomic mass is 9.68. The highest BCUT2D eigenvalue weighted by atomic mass is 16.5. The summed E-state index contributed by atoms with van der Waals surface area (Å²) in [6.45, 7) is 1.76. The van der Waals surface area contributed by atoms with Crippen molar-refractivity contribution in [3.05, 3.63) is 101 Å². The van der Waals surface area contributed by atoms with Gasteiger partial charge in [0.25, 0.3) is 0 Å². The number of methoxy groups -OCH3 is 3. The Bertz CT molecular complexity index is 1570. The maximum Gasteiger partial charge on any atom is 0.163 e. The van der Waals surface area contributed by atoms with Crippen molar-refractivity contribution >= 4 is 16.9 Å². The number of rotatable bonds is 4. The molecule has 0 saturated carbocycles. The minimum absolute atomic E-state index is 0.217. The number of allylic oxidation sites excluding steroid dienone is 2. The molecule has 40 heavy (non-hydrogen) atoms. The Balaban J connectivity index is 1.56. The highest BCUT2D eigenvalue weighted by Gasteiger charge is 2.53. The van der Waals surface area contributed by atoms with Crippen LogP contribution < -0.4 is 14.2 Å². The Labute approximate surface area is 236 Å². The summed E-state index contributed by atoms with van der Waals surface area (Å²) in [5, 5.41) is 0. The molecule has 0 radical (unpaired) electrons. The number of ether oxygens (including phenoxy) is 3. The average Bonchev–Trinajstić information content (AvgIpc) is 3.34. The molecule has 5 heteroatoms. The lowest BCUT2D eigenvalue weighted by Gasteiger charge is -2.46. The quantitative estimate of drug-likeness (QED) is 0.406. The fourth-order valence-electron chi connectivity index (χ4n) is 7.69. The number of hydrogen-bond acceptors (Lipinski definition) is 5. The molecule has 0 spiro atoms. The second-order valence-electron chi connectivity index (χ2n) is 11.5. The Morgan fingerprint density at radius 3 is 2.50 bits per heavy atom. The van der Waals surface area contributed by atoms with Crippen molar-refractivity contribution in [2.45, 2.75) is 37.1 Å². The van der Waals surface area contributed by atoms with E-state index in [0.29, 0.717) is 12.3 Å².